The second-order valence-corrected chi connectivity index (χ2v) is 3.19. The maximum absolute atomic E-state index is 13.0. The molecule has 0 aliphatic rings. The molecule has 0 saturated heterocycles. The normalized spacial score (nSPS) is 14.3. The van der Waals surface area contributed by atoms with Crippen LogP contribution < -0.4 is 0 Å². The van der Waals surface area contributed by atoms with Gasteiger partial charge in [0, 0.05) is 8.04 Å². The van der Waals surface area contributed by atoms with Gasteiger partial charge < -0.3 is 0 Å². The van der Waals surface area contributed by atoms with Crippen molar-refractivity contribution >= 4 is 38.5 Å². The lowest BCUT2D eigenvalue weighted by Crippen LogP contribution is -1.78. The fraction of sp³-hybridized carbons (Fsp3) is 0. The van der Waals surface area contributed by atoms with E-state index in [9.17, 15) is 4.39 Å². The van der Waals surface area contributed by atoms with Crippen LogP contribution in [0.1, 0.15) is 4.11 Å². The van der Waals surface area contributed by atoms with Crippen molar-refractivity contribution in [1.29, 1.82) is 0 Å². The Morgan fingerprint density at radius 2 is 2.33 bits per heavy atom. The quantitative estimate of drug-likeness (QED) is 0.510. The fourth-order valence-corrected chi connectivity index (χ4v) is 1.42. The smallest absolute Gasteiger partial charge is 0.136 e. The summed E-state index contributed by atoms with van der Waals surface area (Å²) in [5.41, 5.74) is 0. The third-order valence-corrected chi connectivity index (χ3v) is 1.83. The fourth-order valence-electron chi connectivity index (χ4n) is 0.347. The number of halogens is 3. The Balaban J connectivity index is 3.60. The van der Waals surface area contributed by atoms with Gasteiger partial charge in [0.15, 0.2) is 0 Å². The van der Waals surface area contributed by atoms with E-state index < -0.39 is 11.9 Å². The summed E-state index contributed by atoms with van der Waals surface area (Å²) < 4.78 is 34.9. The minimum atomic E-state index is -0.797. The molecule has 0 aromatic heterocycles. The van der Waals surface area contributed by atoms with Gasteiger partial charge in [-0.05, 0) is 40.7 Å². The molecule has 1 aromatic rings. The number of hydrogen-bond donors (Lipinski definition) is 0. The molecule has 0 N–H and O–H groups in total. The van der Waals surface area contributed by atoms with Crippen LogP contribution in [0.4, 0.5) is 4.39 Å². The highest BCUT2D eigenvalue weighted by Gasteiger charge is 1.95. The lowest BCUT2D eigenvalue weighted by molar-refractivity contribution is 0.620. The first-order chi connectivity index (χ1) is 5.46. The molecule has 0 spiro atoms. The van der Waals surface area contributed by atoms with Gasteiger partial charge in [-0.2, -0.15) is 0 Å². The van der Waals surface area contributed by atoms with Crippen molar-refractivity contribution in [2.24, 2.45) is 0 Å². The molecule has 48 valence electrons. The van der Waals surface area contributed by atoms with E-state index >= 15 is 0 Å². The summed E-state index contributed by atoms with van der Waals surface area (Å²) in [7, 11) is 0. The van der Waals surface area contributed by atoms with Gasteiger partial charge in [-0.1, -0.05) is 15.9 Å². The van der Waals surface area contributed by atoms with Crippen LogP contribution in [0.3, 0.4) is 0 Å². The molecule has 0 fully saturated rings. The molecule has 0 saturated carbocycles. The highest BCUT2D eigenvalue weighted by Crippen LogP contribution is 2.16. The third kappa shape index (κ3) is 1.89. The molecule has 0 heterocycles. The molecule has 0 bridgehead atoms. The Bertz CT molecular complexity index is 237. The Kier molecular flexibility index (Phi) is 1.41. The molecule has 0 nitrogen and oxygen atoms in total. The Labute approximate surface area is 78.9 Å². The third-order valence-electron chi connectivity index (χ3n) is 0.694. The number of benzene rings is 1. The molecular weight excluding hydrogens is 298 g/mol. The number of hydrogen-bond acceptors (Lipinski definition) is 0. The molecule has 1 rings (SSSR count). The molecule has 0 amide bonds. The minimum Gasteiger partial charge on any atom is -0.206 e. The van der Waals surface area contributed by atoms with Crippen molar-refractivity contribution in [3.05, 3.63) is 32.0 Å². The van der Waals surface area contributed by atoms with Gasteiger partial charge in [0.2, 0.25) is 0 Å². The molecule has 9 heavy (non-hydrogen) atoms. The molecule has 0 aliphatic carbocycles. The highest BCUT2D eigenvalue weighted by molar-refractivity contribution is 14.1. The van der Waals surface area contributed by atoms with E-state index in [1.807, 2.05) is 0 Å². The molecule has 0 atom stereocenters. The molecule has 1 aromatic carbocycles. The topological polar surface area (TPSA) is 0 Å². The van der Waals surface area contributed by atoms with Crippen LogP contribution in [-0.2, 0) is 0 Å². The Morgan fingerprint density at radius 1 is 1.67 bits per heavy atom. The van der Waals surface area contributed by atoms with Crippen molar-refractivity contribution in [3.63, 3.8) is 0 Å². The summed E-state index contributed by atoms with van der Waals surface area (Å²) >= 11 is 4.59. The van der Waals surface area contributed by atoms with Crippen LogP contribution in [0, 0.1) is 9.39 Å². The lowest BCUT2D eigenvalue weighted by Gasteiger charge is -1.92. The molecule has 3 heteroatoms. The molecule has 0 aliphatic heterocycles. The Morgan fingerprint density at radius 3 is 3.00 bits per heavy atom. The van der Waals surface area contributed by atoms with Crippen molar-refractivity contribution < 1.29 is 8.50 Å². The van der Waals surface area contributed by atoms with E-state index in [-0.39, 0.29) is 20.1 Å². The zero-order chi connectivity index (χ0) is 9.46. The number of rotatable bonds is 0. The van der Waals surface area contributed by atoms with E-state index in [0.717, 1.165) is 0 Å². The zero-order valence-corrected chi connectivity index (χ0v) is 7.88. The summed E-state index contributed by atoms with van der Waals surface area (Å²) in [6.07, 6.45) is 0. The zero-order valence-electron chi connectivity index (χ0n) is 7.13. The monoisotopic (exact) mass is 303 g/mol. The maximum Gasteiger partial charge on any atom is 0.136 e. The van der Waals surface area contributed by atoms with Gasteiger partial charge in [0.25, 0.3) is 0 Å². The van der Waals surface area contributed by atoms with Gasteiger partial charge in [-0.25, -0.2) is 4.39 Å². The average molecular weight is 304 g/mol. The van der Waals surface area contributed by atoms with Crippen molar-refractivity contribution in [2.45, 2.75) is 0 Å². The van der Waals surface area contributed by atoms with Crippen molar-refractivity contribution in [2.75, 3.05) is 0 Å². The summed E-state index contributed by atoms with van der Waals surface area (Å²) in [4.78, 5) is 0. The van der Waals surface area contributed by atoms with Crippen LogP contribution in [-0.4, -0.2) is 0 Å². The van der Waals surface area contributed by atoms with Crippen molar-refractivity contribution in [3.8, 4) is 0 Å². The van der Waals surface area contributed by atoms with E-state index in [1.165, 1.54) is 0 Å². The van der Waals surface area contributed by atoms with Crippen LogP contribution >= 0.6 is 38.5 Å². The van der Waals surface area contributed by atoms with Crippen molar-refractivity contribution in [1.82, 2.24) is 0 Å². The van der Waals surface area contributed by atoms with Crippen LogP contribution in [0.25, 0.3) is 0 Å². The van der Waals surface area contributed by atoms with Gasteiger partial charge in [0.05, 0.1) is 4.11 Å². The van der Waals surface area contributed by atoms with Crippen LogP contribution in [0.5, 0.6) is 0 Å². The standard InChI is InChI=1S/C6H3BrFI/c7-4-1-2-5(8)6(9)3-4/h1-3H/i1D,2D,3D. The summed E-state index contributed by atoms with van der Waals surface area (Å²) in [5.74, 6) is -0.797. The van der Waals surface area contributed by atoms with E-state index in [4.69, 9.17) is 4.11 Å². The van der Waals surface area contributed by atoms with E-state index in [1.54, 1.807) is 22.6 Å². The van der Waals surface area contributed by atoms with Gasteiger partial charge >= 0.3 is 0 Å². The summed E-state index contributed by atoms with van der Waals surface area (Å²) in [6.45, 7) is 0. The predicted octanol–water partition coefficient (Wildman–Crippen LogP) is 3.19. The minimum absolute atomic E-state index is 0.0699. The summed E-state index contributed by atoms with van der Waals surface area (Å²) in [5, 5.41) is 0. The van der Waals surface area contributed by atoms with Crippen LogP contribution in [0.2, 0.25) is 0 Å². The Hall–Kier alpha value is 0.360. The van der Waals surface area contributed by atoms with Gasteiger partial charge in [0.1, 0.15) is 5.82 Å². The van der Waals surface area contributed by atoms with Crippen LogP contribution in [0.15, 0.2) is 22.6 Å². The van der Waals surface area contributed by atoms with Gasteiger partial charge in [-0.15, -0.1) is 0 Å². The second kappa shape index (κ2) is 2.96. The molecule has 0 radical (unpaired) electrons. The largest absolute Gasteiger partial charge is 0.206 e. The predicted molar refractivity (Wildman–Crippen MR) is 46.8 cm³/mol. The SMILES string of the molecule is [2H]c1c([2H])c(Br)c([2H])c(I)c1F. The first kappa shape index (κ1) is 4.28. The maximum atomic E-state index is 13.0. The first-order valence-corrected chi connectivity index (χ1v) is 3.94. The van der Waals surface area contributed by atoms with E-state index in [0.29, 0.717) is 0 Å². The highest BCUT2D eigenvalue weighted by atomic mass is 127. The summed E-state index contributed by atoms with van der Waals surface area (Å²) in [6, 6.07) is -0.825. The second-order valence-electron chi connectivity index (χ2n) is 1.32. The molecular formula is C6H3BrFI. The molecule has 0 unspecified atom stereocenters. The average Bonchev–Trinajstić information content (AvgIpc) is 2.08. The lowest BCUT2D eigenvalue weighted by atomic mass is 10.4. The van der Waals surface area contributed by atoms with E-state index in [2.05, 4.69) is 15.9 Å². The van der Waals surface area contributed by atoms with Gasteiger partial charge in [-0.3, -0.25) is 0 Å². The first-order valence-electron chi connectivity index (χ1n) is 3.57.